The Morgan fingerprint density at radius 3 is 2.78 bits per heavy atom. The predicted octanol–water partition coefficient (Wildman–Crippen LogP) is 4.35. The lowest BCUT2D eigenvalue weighted by molar-refractivity contribution is 0.102. The van der Waals surface area contributed by atoms with Crippen molar-refractivity contribution in [1.29, 1.82) is 0 Å². The van der Waals surface area contributed by atoms with Crippen molar-refractivity contribution in [2.24, 2.45) is 0 Å². The number of hydrogen-bond donors (Lipinski definition) is 1. The summed E-state index contributed by atoms with van der Waals surface area (Å²) in [4.78, 5) is 16.1. The maximum Gasteiger partial charge on any atom is 0.257 e. The minimum atomic E-state index is -0.199. The van der Waals surface area contributed by atoms with Gasteiger partial charge in [0.2, 0.25) is 0 Å². The fourth-order valence-electron chi connectivity index (χ4n) is 1.30. The number of carbonyl (C=O) groups is 1. The van der Waals surface area contributed by atoms with Gasteiger partial charge >= 0.3 is 0 Å². The number of hydrogen-bond acceptors (Lipinski definition) is 2. The number of anilines is 1. The lowest BCUT2D eigenvalue weighted by Crippen LogP contribution is -2.14. The molecule has 0 radical (unpaired) electrons. The maximum absolute atomic E-state index is 12.1. The molecular formula is C12H7BrClIN2O. The molecule has 1 amide bonds. The highest BCUT2D eigenvalue weighted by atomic mass is 127. The Morgan fingerprint density at radius 2 is 2.11 bits per heavy atom. The van der Waals surface area contributed by atoms with Crippen LogP contribution in [0.1, 0.15) is 10.4 Å². The SMILES string of the molecule is O=C(Nc1ccc(Cl)cn1)c1cc(Br)ccc1I. The summed E-state index contributed by atoms with van der Waals surface area (Å²) in [5.41, 5.74) is 0.599. The number of benzene rings is 1. The number of halogens is 3. The summed E-state index contributed by atoms with van der Waals surface area (Å²) < 4.78 is 1.74. The van der Waals surface area contributed by atoms with E-state index in [1.54, 1.807) is 18.2 Å². The van der Waals surface area contributed by atoms with Gasteiger partial charge in [0, 0.05) is 14.2 Å². The van der Waals surface area contributed by atoms with Crippen LogP contribution < -0.4 is 5.32 Å². The average molecular weight is 437 g/mol. The zero-order valence-electron chi connectivity index (χ0n) is 8.95. The van der Waals surface area contributed by atoms with E-state index in [1.807, 2.05) is 12.1 Å². The fourth-order valence-corrected chi connectivity index (χ4v) is 2.36. The third-order valence-electron chi connectivity index (χ3n) is 2.14. The lowest BCUT2D eigenvalue weighted by atomic mass is 10.2. The van der Waals surface area contributed by atoms with Gasteiger partial charge in [0.05, 0.1) is 10.6 Å². The van der Waals surface area contributed by atoms with E-state index in [9.17, 15) is 4.79 Å². The van der Waals surface area contributed by atoms with E-state index in [2.05, 4.69) is 48.8 Å². The molecule has 0 saturated carbocycles. The molecule has 0 bridgehead atoms. The van der Waals surface area contributed by atoms with Crippen molar-refractivity contribution < 1.29 is 4.79 Å². The molecule has 0 fully saturated rings. The Hall–Kier alpha value is -0.660. The van der Waals surface area contributed by atoms with Crippen LogP contribution in [0.4, 0.5) is 5.82 Å². The van der Waals surface area contributed by atoms with Crippen LogP contribution in [0.2, 0.25) is 5.02 Å². The molecule has 0 saturated heterocycles. The Morgan fingerprint density at radius 1 is 1.33 bits per heavy atom. The second-order valence-electron chi connectivity index (χ2n) is 3.44. The van der Waals surface area contributed by atoms with Crippen molar-refractivity contribution >= 4 is 61.8 Å². The maximum atomic E-state index is 12.1. The van der Waals surface area contributed by atoms with Gasteiger partial charge in [0.15, 0.2) is 0 Å². The van der Waals surface area contributed by atoms with E-state index < -0.39 is 0 Å². The summed E-state index contributed by atoms with van der Waals surface area (Å²) in [6.07, 6.45) is 1.49. The van der Waals surface area contributed by atoms with Crippen molar-refractivity contribution in [1.82, 2.24) is 4.98 Å². The quantitative estimate of drug-likeness (QED) is 0.710. The highest BCUT2D eigenvalue weighted by molar-refractivity contribution is 14.1. The molecule has 2 aromatic rings. The summed E-state index contributed by atoms with van der Waals surface area (Å²) in [5, 5.41) is 3.25. The largest absolute Gasteiger partial charge is 0.307 e. The molecule has 1 heterocycles. The molecule has 0 atom stereocenters. The first-order chi connectivity index (χ1) is 8.56. The van der Waals surface area contributed by atoms with E-state index in [0.717, 1.165) is 8.04 Å². The van der Waals surface area contributed by atoms with Gasteiger partial charge < -0.3 is 5.32 Å². The minimum Gasteiger partial charge on any atom is -0.307 e. The van der Waals surface area contributed by atoms with E-state index in [1.165, 1.54) is 6.20 Å². The third kappa shape index (κ3) is 3.43. The minimum absolute atomic E-state index is 0.199. The first-order valence-electron chi connectivity index (χ1n) is 4.94. The molecule has 6 heteroatoms. The summed E-state index contributed by atoms with van der Waals surface area (Å²) in [6, 6.07) is 8.86. The summed E-state index contributed by atoms with van der Waals surface area (Å²) >= 11 is 11.2. The highest BCUT2D eigenvalue weighted by Crippen LogP contribution is 2.19. The highest BCUT2D eigenvalue weighted by Gasteiger charge is 2.11. The van der Waals surface area contributed by atoms with Crippen molar-refractivity contribution in [3.05, 3.63) is 55.2 Å². The van der Waals surface area contributed by atoms with Gasteiger partial charge in [-0.1, -0.05) is 27.5 Å². The zero-order valence-corrected chi connectivity index (χ0v) is 13.5. The number of carbonyl (C=O) groups excluding carboxylic acids is 1. The smallest absolute Gasteiger partial charge is 0.257 e. The first-order valence-corrected chi connectivity index (χ1v) is 7.19. The molecule has 0 spiro atoms. The molecule has 3 nitrogen and oxygen atoms in total. The predicted molar refractivity (Wildman–Crippen MR) is 84.1 cm³/mol. The van der Waals surface area contributed by atoms with Gasteiger partial charge in [-0.3, -0.25) is 4.79 Å². The molecule has 2 rings (SSSR count). The lowest BCUT2D eigenvalue weighted by Gasteiger charge is -2.06. The second-order valence-corrected chi connectivity index (χ2v) is 5.95. The van der Waals surface area contributed by atoms with Gasteiger partial charge in [0.1, 0.15) is 5.82 Å². The molecule has 92 valence electrons. The number of pyridine rings is 1. The van der Waals surface area contributed by atoms with Crippen LogP contribution in [-0.2, 0) is 0 Å². The van der Waals surface area contributed by atoms with Crippen molar-refractivity contribution in [3.8, 4) is 0 Å². The first kappa shape index (κ1) is 13.8. The monoisotopic (exact) mass is 436 g/mol. The van der Waals surface area contributed by atoms with Gasteiger partial charge in [-0.25, -0.2) is 4.98 Å². The fraction of sp³-hybridized carbons (Fsp3) is 0. The topological polar surface area (TPSA) is 42.0 Å². The Bertz CT molecular complexity index is 589. The Kier molecular flexibility index (Phi) is 4.58. The van der Waals surface area contributed by atoms with Gasteiger partial charge in [-0.15, -0.1) is 0 Å². The zero-order chi connectivity index (χ0) is 13.1. The van der Waals surface area contributed by atoms with Crippen LogP contribution in [-0.4, -0.2) is 10.9 Å². The molecule has 1 N–H and O–H groups in total. The van der Waals surface area contributed by atoms with Crippen LogP contribution in [0.5, 0.6) is 0 Å². The van der Waals surface area contributed by atoms with Crippen LogP contribution in [0.3, 0.4) is 0 Å². The van der Waals surface area contributed by atoms with E-state index >= 15 is 0 Å². The molecule has 18 heavy (non-hydrogen) atoms. The Labute approximate surface area is 131 Å². The normalized spacial score (nSPS) is 10.2. The average Bonchev–Trinajstić information content (AvgIpc) is 2.35. The number of nitrogens with one attached hydrogen (secondary N) is 1. The van der Waals surface area contributed by atoms with Crippen LogP contribution in [0, 0.1) is 3.57 Å². The molecule has 0 unspecified atom stereocenters. The molecule has 0 aliphatic heterocycles. The molecule has 1 aromatic heterocycles. The molecule has 0 aliphatic rings. The van der Waals surface area contributed by atoms with Crippen molar-refractivity contribution in [2.45, 2.75) is 0 Å². The van der Waals surface area contributed by atoms with E-state index in [-0.39, 0.29) is 5.91 Å². The van der Waals surface area contributed by atoms with Gasteiger partial charge in [-0.2, -0.15) is 0 Å². The molecule has 1 aromatic carbocycles. The van der Waals surface area contributed by atoms with Crippen molar-refractivity contribution in [3.63, 3.8) is 0 Å². The van der Waals surface area contributed by atoms with Gasteiger partial charge in [-0.05, 0) is 52.9 Å². The summed E-state index contributed by atoms with van der Waals surface area (Å²) in [7, 11) is 0. The van der Waals surface area contributed by atoms with E-state index in [4.69, 9.17) is 11.6 Å². The van der Waals surface area contributed by atoms with Crippen molar-refractivity contribution in [2.75, 3.05) is 5.32 Å². The molecule has 0 aliphatic carbocycles. The summed E-state index contributed by atoms with van der Waals surface area (Å²) in [6.45, 7) is 0. The third-order valence-corrected chi connectivity index (χ3v) is 3.80. The number of nitrogens with zero attached hydrogens (tertiary/aromatic N) is 1. The van der Waals surface area contributed by atoms with E-state index in [0.29, 0.717) is 16.4 Å². The van der Waals surface area contributed by atoms with Gasteiger partial charge in [0.25, 0.3) is 5.91 Å². The number of rotatable bonds is 2. The van der Waals surface area contributed by atoms with Crippen LogP contribution >= 0.6 is 50.1 Å². The molecular weight excluding hydrogens is 430 g/mol. The summed E-state index contributed by atoms with van der Waals surface area (Å²) in [5.74, 6) is 0.274. The number of aromatic nitrogens is 1. The number of amides is 1. The standard InChI is InChI=1S/C12H7BrClIN2O/c13-7-1-3-10(15)9(5-7)12(18)17-11-4-2-8(14)6-16-11/h1-6H,(H,16,17,18). The Balaban J connectivity index is 2.21. The van der Waals surface area contributed by atoms with Crippen LogP contribution in [0.15, 0.2) is 41.0 Å². The second kappa shape index (κ2) is 5.99. The van der Waals surface area contributed by atoms with Crippen LogP contribution in [0.25, 0.3) is 0 Å².